The Morgan fingerprint density at radius 1 is 1.50 bits per heavy atom. The van der Waals surface area contributed by atoms with Gasteiger partial charge in [-0.3, -0.25) is 14.9 Å². The Hall–Kier alpha value is -2.29. The van der Waals surface area contributed by atoms with Crippen LogP contribution in [0, 0.1) is 10.1 Å². The lowest BCUT2D eigenvalue weighted by Crippen LogP contribution is -1.97. The van der Waals surface area contributed by atoms with Gasteiger partial charge in [0.15, 0.2) is 0 Å². The van der Waals surface area contributed by atoms with Crippen molar-refractivity contribution in [2.75, 3.05) is 0 Å². The van der Waals surface area contributed by atoms with E-state index in [2.05, 4.69) is 26.2 Å². The second-order valence-electron chi connectivity index (χ2n) is 3.94. The first kappa shape index (κ1) is 14.1. The highest BCUT2D eigenvalue weighted by Gasteiger charge is 2.13. The molecule has 1 aromatic heterocycles. The highest BCUT2D eigenvalue weighted by molar-refractivity contribution is 9.10. The number of carbonyl (C=O) groups is 1. The fourth-order valence-corrected chi connectivity index (χ4v) is 2.07. The molecule has 0 aliphatic rings. The summed E-state index contributed by atoms with van der Waals surface area (Å²) in [6.45, 7) is 0. The molecule has 1 aromatic carbocycles. The molecule has 0 aliphatic heterocycles. The van der Waals surface area contributed by atoms with Crippen LogP contribution in [0.1, 0.15) is 12.1 Å². The van der Waals surface area contributed by atoms with Gasteiger partial charge in [0.05, 0.1) is 33.4 Å². The number of carboxylic acid groups (broad SMARTS) is 1. The quantitative estimate of drug-likeness (QED) is 0.657. The smallest absolute Gasteiger partial charge is 0.303 e. The predicted molar refractivity (Wildman–Crippen MR) is 71.7 cm³/mol. The van der Waals surface area contributed by atoms with Crippen molar-refractivity contribution >= 4 is 27.6 Å². The molecule has 0 saturated heterocycles. The van der Waals surface area contributed by atoms with Crippen molar-refractivity contribution in [2.24, 2.45) is 0 Å². The molecule has 9 heteroatoms. The molecule has 0 radical (unpaired) electrons. The van der Waals surface area contributed by atoms with Crippen LogP contribution in [-0.2, 0) is 11.2 Å². The molecule has 20 heavy (non-hydrogen) atoms. The van der Waals surface area contributed by atoms with Gasteiger partial charge in [-0.05, 0) is 28.1 Å². The van der Waals surface area contributed by atoms with E-state index in [9.17, 15) is 14.9 Å². The number of nitro benzene ring substituents is 1. The molecular formula is C11H9BrN4O4. The van der Waals surface area contributed by atoms with Crippen LogP contribution in [0.5, 0.6) is 0 Å². The van der Waals surface area contributed by atoms with Gasteiger partial charge in [0.1, 0.15) is 0 Å². The Kier molecular flexibility index (Phi) is 4.08. The first-order valence-corrected chi connectivity index (χ1v) is 6.34. The summed E-state index contributed by atoms with van der Waals surface area (Å²) in [4.78, 5) is 20.7. The lowest BCUT2D eigenvalue weighted by Gasteiger charge is -2.01. The van der Waals surface area contributed by atoms with E-state index in [1.165, 1.54) is 10.7 Å². The molecule has 2 aromatic rings. The van der Waals surface area contributed by atoms with Crippen LogP contribution in [0.15, 0.2) is 28.9 Å². The lowest BCUT2D eigenvalue weighted by atomic mass is 10.2. The zero-order valence-corrected chi connectivity index (χ0v) is 11.6. The molecule has 8 nitrogen and oxygen atoms in total. The first-order chi connectivity index (χ1) is 9.47. The van der Waals surface area contributed by atoms with Gasteiger partial charge in [0, 0.05) is 12.5 Å². The normalized spacial score (nSPS) is 10.4. The highest BCUT2D eigenvalue weighted by atomic mass is 79.9. The van der Waals surface area contributed by atoms with Crippen molar-refractivity contribution < 1.29 is 14.8 Å². The minimum absolute atomic E-state index is 0.0251. The van der Waals surface area contributed by atoms with E-state index >= 15 is 0 Å². The number of aromatic nitrogens is 3. The van der Waals surface area contributed by atoms with E-state index in [1.807, 2.05) is 0 Å². The van der Waals surface area contributed by atoms with Crippen LogP contribution in [-0.4, -0.2) is 31.0 Å². The highest BCUT2D eigenvalue weighted by Crippen LogP contribution is 2.26. The van der Waals surface area contributed by atoms with Crippen LogP contribution in [0.4, 0.5) is 5.69 Å². The Morgan fingerprint density at radius 2 is 2.25 bits per heavy atom. The van der Waals surface area contributed by atoms with Gasteiger partial charge in [-0.15, -0.1) is 5.10 Å². The third-order valence-electron chi connectivity index (χ3n) is 2.53. The molecule has 0 fully saturated rings. The number of nitrogens with zero attached hydrogens (tertiary/aromatic N) is 4. The van der Waals surface area contributed by atoms with Crippen molar-refractivity contribution in [3.63, 3.8) is 0 Å². The third-order valence-corrected chi connectivity index (χ3v) is 3.16. The average Bonchev–Trinajstić information content (AvgIpc) is 2.84. The summed E-state index contributed by atoms with van der Waals surface area (Å²) in [6, 6.07) is 4.45. The molecule has 0 aliphatic carbocycles. The lowest BCUT2D eigenvalue weighted by molar-refractivity contribution is -0.385. The number of carboxylic acids is 1. The number of aliphatic carboxylic acids is 1. The van der Waals surface area contributed by atoms with Crippen LogP contribution in [0.3, 0.4) is 0 Å². The van der Waals surface area contributed by atoms with Crippen LogP contribution < -0.4 is 0 Å². The van der Waals surface area contributed by atoms with Crippen LogP contribution in [0.2, 0.25) is 0 Å². The Bertz CT molecular complexity index is 670. The minimum atomic E-state index is -0.905. The third kappa shape index (κ3) is 3.18. The number of hydrogen-bond acceptors (Lipinski definition) is 5. The molecule has 0 spiro atoms. The standard InChI is InChI=1S/C11H9BrN4O4/c12-9-5-8(2-3-10(9)16(19)20)15-6-7(13-14-15)1-4-11(17)18/h2-3,5-6H,1,4H2,(H,17,18). The summed E-state index contributed by atoms with van der Waals surface area (Å²) in [5.74, 6) is -0.905. The number of rotatable bonds is 5. The first-order valence-electron chi connectivity index (χ1n) is 5.54. The van der Waals surface area contributed by atoms with Crippen LogP contribution >= 0.6 is 15.9 Å². The molecule has 0 bridgehead atoms. The maximum atomic E-state index is 10.7. The second kappa shape index (κ2) is 5.78. The topological polar surface area (TPSA) is 111 Å². The van der Waals surface area contributed by atoms with Gasteiger partial charge in [-0.25, -0.2) is 4.68 Å². The van der Waals surface area contributed by atoms with Gasteiger partial charge < -0.3 is 5.11 Å². The van der Waals surface area contributed by atoms with E-state index in [4.69, 9.17) is 5.11 Å². The summed E-state index contributed by atoms with van der Waals surface area (Å²) in [7, 11) is 0. The fraction of sp³-hybridized carbons (Fsp3) is 0.182. The number of halogens is 1. The van der Waals surface area contributed by atoms with E-state index < -0.39 is 10.9 Å². The number of nitro groups is 1. The Labute approximate surface area is 121 Å². The second-order valence-corrected chi connectivity index (χ2v) is 4.80. The van der Waals surface area contributed by atoms with E-state index in [-0.39, 0.29) is 18.5 Å². The van der Waals surface area contributed by atoms with Crippen molar-refractivity contribution in [2.45, 2.75) is 12.8 Å². The fourth-order valence-electron chi connectivity index (χ4n) is 1.56. The molecule has 0 atom stereocenters. The van der Waals surface area contributed by atoms with Crippen molar-refractivity contribution in [3.8, 4) is 5.69 Å². The number of hydrogen-bond donors (Lipinski definition) is 1. The number of benzene rings is 1. The predicted octanol–water partition coefficient (Wildman–Crippen LogP) is 1.96. The molecule has 0 unspecified atom stereocenters. The molecule has 0 saturated carbocycles. The minimum Gasteiger partial charge on any atom is -0.481 e. The van der Waals surface area contributed by atoms with Gasteiger partial charge in [0.2, 0.25) is 0 Å². The molecule has 1 N–H and O–H groups in total. The summed E-state index contributed by atoms with van der Waals surface area (Å²) < 4.78 is 1.77. The monoisotopic (exact) mass is 340 g/mol. The Morgan fingerprint density at radius 3 is 2.85 bits per heavy atom. The average molecular weight is 341 g/mol. The van der Waals surface area contributed by atoms with E-state index in [1.54, 1.807) is 18.3 Å². The largest absolute Gasteiger partial charge is 0.481 e. The molecule has 104 valence electrons. The van der Waals surface area contributed by atoms with E-state index in [0.717, 1.165) is 0 Å². The summed E-state index contributed by atoms with van der Waals surface area (Å²) in [5.41, 5.74) is 1.10. The summed E-state index contributed by atoms with van der Waals surface area (Å²) >= 11 is 3.12. The van der Waals surface area contributed by atoms with Gasteiger partial charge in [0.25, 0.3) is 5.69 Å². The SMILES string of the molecule is O=C(O)CCc1cn(-c2ccc([N+](=O)[O-])c(Br)c2)nn1. The van der Waals surface area contributed by atoms with Crippen molar-refractivity contribution in [1.29, 1.82) is 0 Å². The van der Waals surface area contributed by atoms with Gasteiger partial charge >= 0.3 is 5.97 Å². The zero-order chi connectivity index (χ0) is 14.7. The maximum absolute atomic E-state index is 10.7. The molecule has 2 rings (SSSR count). The van der Waals surface area contributed by atoms with E-state index in [0.29, 0.717) is 15.9 Å². The van der Waals surface area contributed by atoms with Crippen LogP contribution in [0.25, 0.3) is 5.69 Å². The zero-order valence-electron chi connectivity index (χ0n) is 10.1. The Balaban J connectivity index is 2.22. The molecule has 1 heterocycles. The number of aryl methyl sites for hydroxylation is 1. The van der Waals surface area contributed by atoms with Gasteiger partial charge in [-0.2, -0.15) is 0 Å². The maximum Gasteiger partial charge on any atom is 0.303 e. The van der Waals surface area contributed by atoms with Crippen molar-refractivity contribution in [1.82, 2.24) is 15.0 Å². The molecular weight excluding hydrogens is 332 g/mol. The summed E-state index contributed by atoms with van der Waals surface area (Å²) in [6.07, 6.45) is 1.85. The van der Waals surface area contributed by atoms with Crippen molar-refractivity contribution in [3.05, 3.63) is 44.7 Å². The molecule has 0 amide bonds. The summed E-state index contributed by atoms with van der Waals surface area (Å²) in [5, 5.41) is 27.0. The van der Waals surface area contributed by atoms with Gasteiger partial charge in [-0.1, -0.05) is 5.21 Å².